The highest BCUT2D eigenvalue weighted by Gasteiger charge is 2.32. The molecule has 2 amide bonds. The van der Waals surface area contributed by atoms with Crippen LogP contribution in [0, 0.1) is 5.41 Å². The van der Waals surface area contributed by atoms with Gasteiger partial charge in [-0.05, 0) is 54.4 Å². The summed E-state index contributed by atoms with van der Waals surface area (Å²) in [6.45, 7) is 4.89. The molecule has 0 bridgehead atoms. The molecule has 0 saturated heterocycles. The van der Waals surface area contributed by atoms with E-state index in [2.05, 4.69) is 23.3 Å². The standard InChI is InChI=1S/C33H38N4O14S3/c1-33(2,52)9-12-50-32(41)37-11-14-49-16-15-48-13-10-36-30(38)18-3-4-19(31(39)40)22(17-18)25-20-5-7-23(34)28(53(42,43)44)26(20)51-27-21(25)6-8-24(35)29(27)54(45,46)47/h3-8,17,34,52H,9-16,35H2,1-2H3,(H,36,38)(H,37,41)(H,39,40)(H,42,43,44)(H,45,46,47). The summed E-state index contributed by atoms with van der Waals surface area (Å²) in [4.78, 5) is 35.3. The highest BCUT2D eigenvalue weighted by atomic mass is 32.2. The van der Waals surface area contributed by atoms with Crippen molar-refractivity contribution >= 4 is 67.5 Å². The van der Waals surface area contributed by atoms with Crippen LogP contribution in [0.25, 0.3) is 33.4 Å². The number of aromatic carboxylic acids is 1. The second kappa shape index (κ2) is 17.1. The van der Waals surface area contributed by atoms with Gasteiger partial charge in [0.15, 0.2) is 21.1 Å². The molecule has 0 spiro atoms. The SMILES string of the molecule is CC(C)(S)CCOC(=O)NCCOCCOCCNC(=O)c1ccc(C(=O)O)c(-c2c3ccc(=N)c(S(=O)(=O)O)c-3oc3c(S(=O)(=O)O)c(N)ccc23)c1. The largest absolute Gasteiger partial charge is 0.478 e. The van der Waals surface area contributed by atoms with Crippen LogP contribution < -0.4 is 21.7 Å². The van der Waals surface area contributed by atoms with Crippen LogP contribution in [0.2, 0.25) is 0 Å². The average molecular weight is 811 g/mol. The summed E-state index contributed by atoms with van der Waals surface area (Å²) < 4.78 is 91.1. The van der Waals surface area contributed by atoms with Gasteiger partial charge in [0.25, 0.3) is 26.1 Å². The van der Waals surface area contributed by atoms with Gasteiger partial charge in [0, 0.05) is 39.9 Å². The molecule has 4 rings (SSSR count). The van der Waals surface area contributed by atoms with E-state index in [0.717, 1.165) is 24.3 Å². The fourth-order valence-corrected chi connectivity index (χ4v) is 6.78. The Balaban J connectivity index is 1.53. The number of carboxylic acids is 1. The van der Waals surface area contributed by atoms with Crippen LogP contribution in [0.3, 0.4) is 0 Å². The van der Waals surface area contributed by atoms with E-state index >= 15 is 0 Å². The number of benzene rings is 3. The number of hydrogen-bond donors (Lipinski definition) is 8. The Bertz CT molecular complexity index is 2320. The Morgan fingerprint density at radius 2 is 1.50 bits per heavy atom. The molecule has 0 saturated carbocycles. The van der Waals surface area contributed by atoms with Gasteiger partial charge in [-0.15, -0.1) is 0 Å². The van der Waals surface area contributed by atoms with Crippen LogP contribution >= 0.6 is 12.6 Å². The Labute approximate surface area is 314 Å². The molecule has 1 heterocycles. The number of thiol groups is 1. The van der Waals surface area contributed by atoms with Crippen molar-refractivity contribution in [3.63, 3.8) is 0 Å². The van der Waals surface area contributed by atoms with Crippen molar-refractivity contribution in [1.29, 1.82) is 5.41 Å². The number of ether oxygens (including phenoxy) is 3. The number of nitrogen functional groups attached to an aromatic ring is 1. The minimum Gasteiger partial charge on any atom is -0.478 e. The van der Waals surface area contributed by atoms with Crippen LogP contribution in [0.4, 0.5) is 10.5 Å². The molecule has 2 aromatic rings. The van der Waals surface area contributed by atoms with Gasteiger partial charge >= 0.3 is 12.1 Å². The van der Waals surface area contributed by atoms with Gasteiger partial charge in [0.2, 0.25) is 0 Å². The molecule has 2 aliphatic rings. The van der Waals surface area contributed by atoms with Gasteiger partial charge in [-0.25, -0.2) is 9.59 Å². The molecule has 292 valence electrons. The second-order valence-corrected chi connectivity index (χ2v) is 16.2. The van der Waals surface area contributed by atoms with E-state index in [1.54, 1.807) is 0 Å². The zero-order chi connectivity index (χ0) is 40.0. The van der Waals surface area contributed by atoms with Crippen LogP contribution in [0.5, 0.6) is 0 Å². The number of carboxylic acid groups (broad SMARTS) is 1. The zero-order valence-corrected chi connectivity index (χ0v) is 31.4. The van der Waals surface area contributed by atoms with Crippen molar-refractivity contribution in [3.05, 3.63) is 58.9 Å². The van der Waals surface area contributed by atoms with E-state index in [4.69, 9.17) is 29.8 Å². The van der Waals surface area contributed by atoms with E-state index < -0.39 is 75.9 Å². The molecule has 0 atom stereocenters. The van der Waals surface area contributed by atoms with E-state index in [9.17, 15) is 45.4 Å². The van der Waals surface area contributed by atoms with Gasteiger partial charge < -0.3 is 40.1 Å². The molecule has 2 aromatic carbocycles. The third-order valence-corrected chi connectivity index (χ3v) is 9.74. The molecule has 0 fully saturated rings. The highest BCUT2D eigenvalue weighted by Crippen LogP contribution is 2.45. The molecule has 0 aromatic heterocycles. The monoisotopic (exact) mass is 810 g/mol. The first-order valence-electron chi connectivity index (χ1n) is 16.0. The molecule has 0 unspecified atom stereocenters. The number of nitrogens with one attached hydrogen (secondary N) is 3. The number of anilines is 1. The lowest BCUT2D eigenvalue weighted by Crippen LogP contribution is -2.29. The molecule has 1 aliphatic heterocycles. The average Bonchev–Trinajstić information content (AvgIpc) is 3.05. The topological polar surface area (TPSA) is 295 Å². The highest BCUT2D eigenvalue weighted by molar-refractivity contribution is 7.86. The second-order valence-electron chi connectivity index (χ2n) is 12.3. The number of amides is 2. The van der Waals surface area contributed by atoms with E-state index in [-0.39, 0.29) is 78.5 Å². The molecule has 18 nitrogen and oxygen atoms in total. The first-order chi connectivity index (χ1) is 25.2. The summed E-state index contributed by atoms with van der Waals surface area (Å²) in [6, 6.07) is 7.97. The predicted molar refractivity (Wildman–Crippen MR) is 196 cm³/mol. The Morgan fingerprint density at radius 1 is 0.870 bits per heavy atom. The van der Waals surface area contributed by atoms with Crippen LogP contribution in [-0.2, 0) is 34.4 Å². The van der Waals surface area contributed by atoms with E-state index in [1.807, 2.05) is 13.8 Å². The lowest BCUT2D eigenvalue weighted by molar-refractivity contribution is 0.0486. The molecule has 1 aliphatic carbocycles. The maximum Gasteiger partial charge on any atom is 0.407 e. The first-order valence-corrected chi connectivity index (χ1v) is 19.3. The van der Waals surface area contributed by atoms with Crippen molar-refractivity contribution < 1.29 is 64.1 Å². The van der Waals surface area contributed by atoms with Crippen LogP contribution in [-0.4, -0.2) is 99.9 Å². The summed E-state index contributed by atoms with van der Waals surface area (Å²) in [7, 11) is -10.4. The zero-order valence-electron chi connectivity index (χ0n) is 28.9. The van der Waals surface area contributed by atoms with E-state index in [1.165, 1.54) is 18.2 Å². The minimum atomic E-state index is -5.21. The smallest absolute Gasteiger partial charge is 0.407 e. The molecular weight excluding hydrogens is 773 g/mol. The van der Waals surface area contributed by atoms with Crippen LogP contribution in [0.1, 0.15) is 41.0 Å². The number of carbonyl (C=O) groups excluding carboxylic acids is 2. The Hall–Kier alpha value is -4.77. The number of carbonyl (C=O) groups is 3. The van der Waals surface area contributed by atoms with Crippen molar-refractivity contribution in [2.45, 2.75) is 34.8 Å². The van der Waals surface area contributed by atoms with Crippen LogP contribution in [0.15, 0.2) is 56.7 Å². The van der Waals surface area contributed by atoms with Gasteiger partial charge in [-0.3, -0.25) is 19.3 Å². The van der Waals surface area contributed by atoms with Crippen molar-refractivity contribution in [1.82, 2.24) is 10.6 Å². The number of alkyl carbamates (subject to hydrolysis) is 1. The Kier molecular flexibility index (Phi) is 13.3. The third-order valence-electron chi connectivity index (χ3n) is 7.66. The summed E-state index contributed by atoms with van der Waals surface area (Å²) in [5.74, 6) is -2.91. The lowest BCUT2D eigenvalue weighted by atomic mass is 9.89. The van der Waals surface area contributed by atoms with Gasteiger partial charge in [0.1, 0.15) is 0 Å². The van der Waals surface area contributed by atoms with Gasteiger partial charge in [-0.2, -0.15) is 29.5 Å². The number of fused-ring (bicyclic) bond motifs is 2. The fraction of sp³-hybridized carbons (Fsp3) is 0.333. The Morgan fingerprint density at radius 3 is 2.09 bits per heavy atom. The maximum atomic E-state index is 13.2. The fourth-order valence-electron chi connectivity index (χ4n) is 5.21. The number of hydrogen-bond acceptors (Lipinski definition) is 14. The summed E-state index contributed by atoms with van der Waals surface area (Å²) in [5.41, 5.74) is 3.53. The first kappa shape index (κ1) is 42.0. The summed E-state index contributed by atoms with van der Waals surface area (Å²) in [6.07, 6.45) is 0.0187. The predicted octanol–water partition coefficient (Wildman–Crippen LogP) is 3.05. The molecule has 54 heavy (non-hydrogen) atoms. The van der Waals surface area contributed by atoms with Gasteiger partial charge in [-0.1, -0.05) is 13.8 Å². The molecule has 8 N–H and O–H groups in total. The normalized spacial score (nSPS) is 12.2. The van der Waals surface area contributed by atoms with Gasteiger partial charge in [0.05, 0.1) is 49.6 Å². The number of nitrogens with two attached hydrogens (primary N) is 1. The van der Waals surface area contributed by atoms with Crippen molar-refractivity contribution in [3.8, 4) is 22.5 Å². The minimum absolute atomic E-state index is 0.0163. The quantitative estimate of drug-likeness (QED) is 0.0250. The third kappa shape index (κ3) is 10.5. The molecule has 0 radical (unpaired) electrons. The number of rotatable bonds is 17. The van der Waals surface area contributed by atoms with Crippen molar-refractivity contribution in [2.75, 3.05) is 51.9 Å². The maximum absolute atomic E-state index is 13.2. The lowest BCUT2D eigenvalue weighted by Gasteiger charge is -2.20. The summed E-state index contributed by atoms with van der Waals surface area (Å²) in [5, 5.41) is 22.5. The van der Waals surface area contributed by atoms with E-state index in [0.29, 0.717) is 6.42 Å². The molecule has 21 heteroatoms. The summed E-state index contributed by atoms with van der Waals surface area (Å²) >= 11 is 4.36. The van der Waals surface area contributed by atoms with Crippen molar-refractivity contribution in [2.24, 2.45) is 0 Å². The molecular formula is C33H38N4O14S3.